The van der Waals surface area contributed by atoms with Gasteiger partial charge in [0.1, 0.15) is 17.6 Å². The fraction of sp³-hybridized carbons (Fsp3) is 0.400. The highest BCUT2D eigenvalue weighted by atomic mass is 16.5. The summed E-state index contributed by atoms with van der Waals surface area (Å²) in [5, 5.41) is 3.45. The average molecular weight is 313 g/mol. The first-order valence-electron chi connectivity index (χ1n) is 8.31. The third kappa shape index (κ3) is 5.51. The molecule has 0 saturated carbocycles. The van der Waals surface area contributed by atoms with Crippen molar-refractivity contribution in [1.82, 2.24) is 0 Å². The van der Waals surface area contributed by atoms with E-state index in [9.17, 15) is 0 Å². The molecule has 0 radical (unpaired) electrons. The van der Waals surface area contributed by atoms with E-state index >= 15 is 0 Å². The maximum absolute atomic E-state index is 6.08. The van der Waals surface area contributed by atoms with Crippen molar-refractivity contribution in [1.29, 1.82) is 0 Å². The van der Waals surface area contributed by atoms with Crippen LogP contribution in [0.5, 0.6) is 11.5 Å². The van der Waals surface area contributed by atoms with E-state index < -0.39 is 0 Å². The van der Waals surface area contributed by atoms with Gasteiger partial charge in [-0.1, -0.05) is 31.2 Å². The Morgan fingerprint density at radius 2 is 1.78 bits per heavy atom. The predicted octanol–water partition coefficient (Wildman–Crippen LogP) is 5.05. The van der Waals surface area contributed by atoms with Gasteiger partial charge in [-0.3, -0.25) is 0 Å². The third-order valence-corrected chi connectivity index (χ3v) is 3.52. The summed E-state index contributed by atoms with van der Waals surface area (Å²) in [7, 11) is 0. The molecule has 124 valence electrons. The third-order valence-electron chi connectivity index (χ3n) is 3.52. The SMILES string of the molecule is CCC(CNc1ccccc1OC(C)C)Oc1cccc(C)c1. The molecular formula is C20H27NO2. The molecule has 2 aromatic rings. The quantitative estimate of drug-likeness (QED) is 0.739. The number of para-hydroxylation sites is 2. The molecule has 0 spiro atoms. The number of aryl methyl sites for hydroxylation is 1. The molecule has 0 heterocycles. The Kier molecular flexibility index (Phi) is 6.33. The topological polar surface area (TPSA) is 30.5 Å². The Morgan fingerprint density at radius 1 is 1.00 bits per heavy atom. The number of hydrogen-bond donors (Lipinski definition) is 1. The van der Waals surface area contributed by atoms with Gasteiger partial charge >= 0.3 is 0 Å². The number of hydrogen-bond acceptors (Lipinski definition) is 3. The molecule has 2 aromatic carbocycles. The van der Waals surface area contributed by atoms with Gasteiger partial charge in [-0.2, -0.15) is 0 Å². The Labute approximate surface area is 139 Å². The molecule has 1 atom stereocenters. The Hall–Kier alpha value is -2.16. The Morgan fingerprint density at radius 3 is 2.48 bits per heavy atom. The Balaban J connectivity index is 1.98. The first-order valence-corrected chi connectivity index (χ1v) is 8.31. The monoisotopic (exact) mass is 313 g/mol. The maximum atomic E-state index is 6.08. The van der Waals surface area contributed by atoms with E-state index in [0.29, 0.717) is 0 Å². The summed E-state index contributed by atoms with van der Waals surface area (Å²) in [5.74, 6) is 1.80. The first kappa shape index (κ1) is 17.2. The van der Waals surface area contributed by atoms with Gasteiger partial charge in [-0.25, -0.2) is 0 Å². The van der Waals surface area contributed by atoms with Crippen molar-refractivity contribution < 1.29 is 9.47 Å². The van der Waals surface area contributed by atoms with Crippen LogP contribution in [0.15, 0.2) is 48.5 Å². The second-order valence-corrected chi connectivity index (χ2v) is 6.01. The summed E-state index contributed by atoms with van der Waals surface area (Å²) < 4.78 is 11.9. The molecule has 1 N–H and O–H groups in total. The van der Waals surface area contributed by atoms with Crippen LogP contribution in [0, 0.1) is 6.92 Å². The van der Waals surface area contributed by atoms with Gasteiger partial charge in [0, 0.05) is 0 Å². The normalized spacial score (nSPS) is 12.0. The molecule has 2 rings (SSSR count). The lowest BCUT2D eigenvalue weighted by Crippen LogP contribution is -2.25. The van der Waals surface area contributed by atoms with E-state index in [1.165, 1.54) is 5.56 Å². The highest BCUT2D eigenvalue weighted by Gasteiger charge is 2.10. The van der Waals surface area contributed by atoms with E-state index in [0.717, 1.165) is 30.2 Å². The van der Waals surface area contributed by atoms with Gasteiger partial charge in [0.25, 0.3) is 0 Å². The second-order valence-electron chi connectivity index (χ2n) is 6.01. The molecule has 0 saturated heterocycles. The van der Waals surface area contributed by atoms with Gasteiger partial charge in [0.2, 0.25) is 0 Å². The number of anilines is 1. The molecule has 23 heavy (non-hydrogen) atoms. The smallest absolute Gasteiger partial charge is 0.142 e. The molecule has 3 nitrogen and oxygen atoms in total. The van der Waals surface area contributed by atoms with Crippen LogP contribution in [0.25, 0.3) is 0 Å². The van der Waals surface area contributed by atoms with Gasteiger partial charge < -0.3 is 14.8 Å². The van der Waals surface area contributed by atoms with Crippen LogP contribution in [0.3, 0.4) is 0 Å². The van der Waals surface area contributed by atoms with Crippen molar-refractivity contribution in [3.8, 4) is 11.5 Å². The first-order chi connectivity index (χ1) is 11.1. The number of benzene rings is 2. The van der Waals surface area contributed by atoms with Crippen molar-refractivity contribution in [3.63, 3.8) is 0 Å². The molecular weight excluding hydrogens is 286 g/mol. The van der Waals surface area contributed by atoms with Crippen molar-refractivity contribution in [2.24, 2.45) is 0 Å². The second kappa shape index (κ2) is 8.47. The van der Waals surface area contributed by atoms with Gasteiger partial charge in [0.15, 0.2) is 0 Å². The lowest BCUT2D eigenvalue weighted by atomic mass is 10.2. The van der Waals surface area contributed by atoms with E-state index in [4.69, 9.17) is 9.47 Å². The van der Waals surface area contributed by atoms with E-state index in [2.05, 4.69) is 31.3 Å². The number of ether oxygens (including phenoxy) is 2. The lowest BCUT2D eigenvalue weighted by Gasteiger charge is -2.21. The molecule has 0 amide bonds. The van der Waals surface area contributed by atoms with Crippen LogP contribution in [-0.4, -0.2) is 18.8 Å². The van der Waals surface area contributed by atoms with Crippen molar-refractivity contribution in [2.75, 3.05) is 11.9 Å². The molecule has 0 aliphatic carbocycles. The number of rotatable bonds is 8. The lowest BCUT2D eigenvalue weighted by molar-refractivity contribution is 0.209. The molecule has 1 unspecified atom stereocenters. The highest BCUT2D eigenvalue weighted by Crippen LogP contribution is 2.25. The largest absolute Gasteiger partial charge is 0.489 e. The molecule has 0 aromatic heterocycles. The standard InChI is InChI=1S/C20H27NO2/c1-5-17(23-18-10-8-9-16(4)13-18)14-21-19-11-6-7-12-20(19)22-15(2)3/h6-13,15,17,21H,5,14H2,1-4H3. The van der Waals surface area contributed by atoms with E-state index in [1.807, 2.05) is 50.2 Å². The van der Waals surface area contributed by atoms with Crippen LogP contribution in [-0.2, 0) is 0 Å². The van der Waals surface area contributed by atoms with Crippen LogP contribution in [0.2, 0.25) is 0 Å². The zero-order valence-corrected chi connectivity index (χ0v) is 14.5. The Bertz CT molecular complexity index is 610. The fourth-order valence-corrected chi connectivity index (χ4v) is 2.34. The minimum atomic E-state index is 0.115. The predicted molar refractivity (Wildman–Crippen MR) is 96.6 cm³/mol. The minimum absolute atomic E-state index is 0.115. The van der Waals surface area contributed by atoms with Crippen LogP contribution in [0.1, 0.15) is 32.8 Å². The van der Waals surface area contributed by atoms with Crippen LogP contribution in [0.4, 0.5) is 5.69 Å². The van der Waals surface area contributed by atoms with E-state index in [1.54, 1.807) is 0 Å². The summed E-state index contributed by atoms with van der Waals surface area (Å²) in [6.07, 6.45) is 1.21. The summed E-state index contributed by atoms with van der Waals surface area (Å²) in [6.45, 7) is 9.02. The van der Waals surface area contributed by atoms with Crippen LogP contribution >= 0.6 is 0 Å². The average Bonchev–Trinajstić information content (AvgIpc) is 2.52. The van der Waals surface area contributed by atoms with Crippen molar-refractivity contribution in [3.05, 3.63) is 54.1 Å². The zero-order chi connectivity index (χ0) is 16.7. The van der Waals surface area contributed by atoms with Gasteiger partial charge in [-0.05, 0) is 57.0 Å². The minimum Gasteiger partial charge on any atom is -0.489 e. The zero-order valence-electron chi connectivity index (χ0n) is 14.5. The molecule has 0 aliphatic rings. The molecule has 3 heteroatoms. The maximum Gasteiger partial charge on any atom is 0.142 e. The fourth-order valence-electron chi connectivity index (χ4n) is 2.34. The molecule has 0 aliphatic heterocycles. The summed E-state index contributed by atoms with van der Waals surface area (Å²) in [4.78, 5) is 0. The van der Waals surface area contributed by atoms with Gasteiger partial charge in [0.05, 0.1) is 18.3 Å². The summed E-state index contributed by atoms with van der Waals surface area (Å²) >= 11 is 0. The highest BCUT2D eigenvalue weighted by molar-refractivity contribution is 5.56. The van der Waals surface area contributed by atoms with Crippen LogP contribution < -0.4 is 14.8 Å². The van der Waals surface area contributed by atoms with E-state index in [-0.39, 0.29) is 12.2 Å². The van der Waals surface area contributed by atoms with Crippen molar-refractivity contribution >= 4 is 5.69 Å². The summed E-state index contributed by atoms with van der Waals surface area (Å²) in [5.41, 5.74) is 2.22. The molecule has 0 fully saturated rings. The summed E-state index contributed by atoms with van der Waals surface area (Å²) in [6, 6.07) is 16.2. The van der Waals surface area contributed by atoms with Crippen molar-refractivity contribution in [2.45, 2.75) is 46.3 Å². The molecule has 0 bridgehead atoms. The number of nitrogens with one attached hydrogen (secondary N) is 1. The van der Waals surface area contributed by atoms with Gasteiger partial charge in [-0.15, -0.1) is 0 Å².